The van der Waals surface area contributed by atoms with Gasteiger partial charge in [0.2, 0.25) is 0 Å². The predicted octanol–water partition coefficient (Wildman–Crippen LogP) is 3.25. The zero-order valence-electron chi connectivity index (χ0n) is 8.14. The Labute approximate surface area is 81.5 Å². The Hall–Kier alpha value is -1.25. The average Bonchev–Trinajstić information content (AvgIpc) is 2.56. The molecule has 1 nitrogen and oxygen atoms in total. The largest absolute Gasteiger partial charge is 0.257 e. The van der Waals surface area contributed by atoms with E-state index in [9.17, 15) is 8.78 Å². The van der Waals surface area contributed by atoms with Gasteiger partial charge in [-0.3, -0.25) is 4.99 Å². The molecule has 1 aliphatic heterocycles. The van der Waals surface area contributed by atoms with Crippen LogP contribution in [-0.4, -0.2) is 5.71 Å². The summed E-state index contributed by atoms with van der Waals surface area (Å²) in [6, 6.07) is 2.66. The van der Waals surface area contributed by atoms with Crippen molar-refractivity contribution in [2.45, 2.75) is 20.3 Å². The minimum Gasteiger partial charge on any atom is -0.257 e. The lowest BCUT2D eigenvalue weighted by Gasteiger charge is -2.02. The van der Waals surface area contributed by atoms with Crippen molar-refractivity contribution in [3.8, 4) is 0 Å². The van der Waals surface area contributed by atoms with Gasteiger partial charge in [0.1, 0.15) is 0 Å². The van der Waals surface area contributed by atoms with Gasteiger partial charge in [0.25, 0.3) is 0 Å². The van der Waals surface area contributed by atoms with Crippen LogP contribution in [0.3, 0.4) is 0 Å². The summed E-state index contributed by atoms with van der Waals surface area (Å²) in [5, 5.41) is 0. The highest BCUT2D eigenvalue weighted by Gasteiger charge is 2.22. The van der Waals surface area contributed by atoms with Crippen molar-refractivity contribution in [1.82, 2.24) is 0 Å². The minimum absolute atomic E-state index is 0.282. The number of fused-ring (bicyclic) bond motifs is 1. The summed E-state index contributed by atoms with van der Waals surface area (Å²) < 4.78 is 26.2. The minimum atomic E-state index is -0.788. The molecule has 14 heavy (non-hydrogen) atoms. The van der Waals surface area contributed by atoms with Gasteiger partial charge in [0.05, 0.1) is 5.69 Å². The van der Waals surface area contributed by atoms with E-state index >= 15 is 0 Å². The van der Waals surface area contributed by atoms with Crippen LogP contribution in [0.1, 0.15) is 19.4 Å². The Morgan fingerprint density at radius 3 is 2.64 bits per heavy atom. The summed E-state index contributed by atoms with van der Waals surface area (Å²) in [7, 11) is 0. The number of hydrogen-bond acceptors (Lipinski definition) is 1. The second-order valence-corrected chi connectivity index (χ2v) is 3.79. The topological polar surface area (TPSA) is 12.4 Å². The van der Waals surface area contributed by atoms with Crippen molar-refractivity contribution in [3.63, 3.8) is 0 Å². The van der Waals surface area contributed by atoms with Crippen LogP contribution >= 0.6 is 0 Å². The fourth-order valence-corrected chi connectivity index (χ4v) is 1.56. The standard InChI is InChI=1S/C11H11F2N/c1-6(2)10-5-7-9(14-10)4-3-8(12)11(7)13/h3-4,6H,5H2,1-2H3. The fraction of sp³-hybridized carbons (Fsp3) is 0.364. The molecule has 0 aromatic heterocycles. The Balaban J connectivity index is 2.45. The van der Waals surface area contributed by atoms with E-state index in [1.165, 1.54) is 6.07 Å². The van der Waals surface area contributed by atoms with Gasteiger partial charge < -0.3 is 0 Å². The van der Waals surface area contributed by atoms with Gasteiger partial charge in [0.15, 0.2) is 11.6 Å². The zero-order valence-corrected chi connectivity index (χ0v) is 8.14. The van der Waals surface area contributed by atoms with Crippen LogP contribution in [-0.2, 0) is 6.42 Å². The van der Waals surface area contributed by atoms with Crippen LogP contribution in [0.5, 0.6) is 0 Å². The van der Waals surface area contributed by atoms with E-state index in [0.29, 0.717) is 17.7 Å². The quantitative estimate of drug-likeness (QED) is 0.652. The van der Waals surface area contributed by atoms with Crippen LogP contribution in [0.2, 0.25) is 0 Å². The van der Waals surface area contributed by atoms with Gasteiger partial charge in [0, 0.05) is 17.7 Å². The Morgan fingerprint density at radius 2 is 2.00 bits per heavy atom. The van der Waals surface area contributed by atoms with E-state index in [1.807, 2.05) is 13.8 Å². The summed E-state index contributed by atoms with van der Waals surface area (Å²) >= 11 is 0. The first-order valence-electron chi connectivity index (χ1n) is 4.64. The Bertz CT molecular complexity index is 408. The number of nitrogens with zero attached hydrogens (tertiary/aromatic N) is 1. The second kappa shape index (κ2) is 3.15. The molecule has 1 aliphatic rings. The number of halogens is 2. The molecule has 2 rings (SSSR count). The Kier molecular flexibility index (Phi) is 2.10. The lowest BCUT2D eigenvalue weighted by molar-refractivity contribution is 0.503. The van der Waals surface area contributed by atoms with E-state index < -0.39 is 11.6 Å². The molecule has 0 radical (unpaired) electrons. The predicted molar refractivity (Wildman–Crippen MR) is 52.0 cm³/mol. The summed E-state index contributed by atoms with van der Waals surface area (Å²) in [5.41, 5.74) is 1.89. The summed E-state index contributed by atoms with van der Waals surface area (Å²) in [4.78, 5) is 4.26. The Morgan fingerprint density at radius 1 is 1.29 bits per heavy atom. The maximum absolute atomic E-state index is 13.3. The van der Waals surface area contributed by atoms with Gasteiger partial charge in [-0.05, 0) is 18.1 Å². The molecule has 1 aromatic carbocycles. The molecular weight excluding hydrogens is 184 g/mol. The second-order valence-electron chi connectivity index (χ2n) is 3.79. The summed E-state index contributed by atoms with van der Waals surface area (Å²) in [6.07, 6.45) is 0.441. The van der Waals surface area contributed by atoms with E-state index in [4.69, 9.17) is 0 Å². The van der Waals surface area contributed by atoms with Crippen LogP contribution in [0, 0.1) is 17.6 Å². The highest BCUT2D eigenvalue weighted by Crippen LogP contribution is 2.31. The molecule has 1 aromatic rings. The maximum atomic E-state index is 13.3. The third kappa shape index (κ3) is 1.33. The normalized spacial score (nSPS) is 14.5. The number of benzene rings is 1. The number of hydrogen-bond donors (Lipinski definition) is 0. The van der Waals surface area contributed by atoms with Crippen molar-refractivity contribution in [2.75, 3.05) is 0 Å². The molecule has 0 fully saturated rings. The molecule has 0 atom stereocenters. The molecule has 0 unspecified atom stereocenters. The van der Waals surface area contributed by atoms with Crippen LogP contribution in [0.4, 0.5) is 14.5 Å². The van der Waals surface area contributed by atoms with Crippen molar-refractivity contribution in [2.24, 2.45) is 10.9 Å². The van der Waals surface area contributed by atoms with Crippen LogP contribution in [0.15, 0.2) is 17.1 Å². The molecular formula is C11H11F2N. The van der Waals surface area contributed by atoms with Crippen molar-refractivity contribution in [3.05, 3.63) is 29.3 Å². The molecule has 0 saturated heterocycles. The van der Waals surface area contributed by atoms with Crippen LogP contribution < -0.4 is 0 Å². The average molecular weight is 195 g/mol. The first-order valence-corrected chi connectivity index (χ1v) is 4.64. The zero-order chi connectivity index (χ0) is 10.3. The highest BCUT2D eigenvalue weighted by atomic mass is 19.2. The third-order valence-corrected chi connectivity index (χ3v) is 2.46. The molecule has 3 heteroatoms. The summed E-state index contributed by atoms with van der Waals surface area (Å²) in [5.74, 6) is -1.25. The van der Waals surface area contributed by atoms with Gasteiger partial charge in [-0.2, -0.15) is 0 Å². The van der Waals surface area contributed by atoms with E-state index in [0.717, 1.165) is 11.8 Å². The smallest absolute Gasteiger partial charge is 0.164 e. The summed E-state index contributed by atoms with van der Waals surface area (Å²) in [6.45, 7) is 4.00. The third-order valence-electron chi connectivity index (χ3n) is 2.46. The fourth-order valence-electron chi connectivity index (χ4n) is 1.56. The van der Waals surface area contributed by atoms with E-state index in [1.54, 1.807) is 0 Å². The molecule has 0 spiro atoms. The molecule has 0 bridgehead atoms. The molecule has 0 amide bonds. The molecule has 1 heterocycles. The number of rotatable bonds is 1. The molecule has 0 aliphatic carbocycles. The lowest BCUT2D eigenvalue weighted by Crippen LogP contribution is -2.07. The van der Waals surface area contributed by atoms with Crippen molar-refractivity contribution in [1.29, 1.82) is 0 Å². The van der Waals surface area contributed by atoms with Gasteiger partial charge in [-0.15, -0.1) is 0 Å². The highest BCUT2D eigenvalue weighted by molar-refractivity contribution is 5.95. The van der Waals surface area contributed by atoms with Crippen molar-refractivity contribution < 1.29 is 8.78 Å². The van der Waals surface area contributed by atoms with Gasteiger partial charge >= 0.3 is 0 Å². The van der Waals surface area contributed by atoms with E-state index in [2.05, 4.69) is 4.99 Å². The molecule has 74 valence electrons. The van der Waals surface area contributed by atoms with Crippen molar-refractivity contribution >= 4 is 11.4 Å². The van der Waals surface area contributed by atoms with Crippen LogP contribution in [0.25, 0.3) is 0 Å². The monoisotopic (exact) mass is 195 g/mol. The molecule has 0 saturated carbocycles. The number of aliphatic imine (C=N–C) groups is 1. The first-order chi connectivity index (χ1) is 6.59. The molecule has 0 N–H and O–H groups in total. The van der Waals surface area contributed by atoms with Gasteiger partial charge in [-0.25, -0.2) is 8.78 Å². The first kappa shape index (κ1) is 9.31. The maximum Gasteiger partial charge on any atom is 0.164 e. The SMILES string of the molecule is CC(C)C1=Nc2ccc(F)c(F)c2C1. The van der Waals surface area contributed by atoms with Gasteiger partial charge in [-0.1, -0.05) is 13.8 Å². The van der Waals surface area contributed by atoms with E-state index in [-0.39, 0.29) is 5.92 Å². The lowest BCUT2D eigenvalue weighted by atomic mass is 10.0.